The molecular formula is C23H30Cl2N6O3S. The van der Waals surface area contributed by atoms with E-state index in [4.69, 9.17) is 27.9 Å². The molecule has 2 aliphatic heterocycles. The summed E-state index contributed by atoms with van der Waals surface area (Å²) in [6.07, 6.45) is 0.934. The van der Waals surface area contributed by atoms with Crippen LogP contribution in [-0.2, 0) is 9.53 Å². The highest BCUT2D eigenvalue weighted by Gasteiger charge is 2.25. The number of amides is 2. The number of piperazine rings is 1. The van der Waals surface area contributed by atoms with E-state index in [0.717, 1.165) is 45.0 Å². The van der Waals surface area contributed by atoms with E-state index in [2.05, 4.69) is 25.4 Å². The average molecular weight is 542 g/mol. The monoisotopic (exact) mass is 540 g/mol. The molecule has 0 bridgehead atoms. The molecule has 2 aliphatic rings. The first-order chi connectivity index (χ1) is 17.0. The van der Waals surface area contributed by atoms with Crippen LogP contribution in [0.4, 0.5) is 10.8 Å². The molecule has 4 rings (SSSR count). The van der Waals surface area contributed by atoms with Gasteiger partial charge in [0.2, 0.25) is 5.91 Å². The van der Waals surface area contributed by atoms with Crippen molar-refractivity contribution >= 4 is 57.2 Å². The van der Waals surface area contributed by atoms with E-state index >= 15 is 0 Å². The topological polar surface area (TPSA) is 90.0 Å². The van der Waals surface area contributed by atoms with E-state index in [-0.39, 0.29) is 11.8 Å². The van der Waals surface area contributed by atoms with Crippen molar-refractivity contribution in [3.8, 4) is 0 Å². The second-order valence-electron chi connectivity index (χ2n) is 8.52. The van der Waals surface area contributed by atoms with Crippen LogP contribution in [0.25, 0.3) is 0 Å². The SMILES string of the molecule is O=C(CN1CCN(C(=O)c2csc(Nc3ccc(Cl)c(Cl)c3)n2)CC1)NCCCN1CCOCC1. The smallest absolute Gasteiger partial charge is 0.273 e. The molecule has 2 N–H and O–H groups in total. The summed E-state index contributed by atoms with van der Waals surface area (Å²) < 4.78 is 5.35. The maximum absolute atomic E-state index is 12.9. The van der Waals surface area contributed by atoms with Crippen LogP contribution in [0, 0.1) is 0 Å². The fourth-order valence-corrected chi connectivity index (χ4v) is 5.01. The van der Waals surface area contributed by atoms with Gasteiger partial charge in [-0.05, 0) is 31.2 Å². The van der Waals surface area contributed by atoms with Crippen molar-refractivity contribution in [2.75, 3.05) is 77.4 Å². The first-order valence-corrected chi connectivity index (χ1v) is 13.4. The Morgan fingerprint density at radius 3 is 2.54 bits per heavy atom. The van der Waals surface area contributed by atoms with Gasteiger partial charge in [-0.3, -0.25) is 19.4 Å². The van der Waals surface area contributed by atoms with Crippen molar-refractivity contribution in [2.45, 2.75) is 6.42 Å². The van der Waals surface area contributed by atoms with E-state index < -0.39 is 0 Å². The van der Waals surface area contributed by atoms with E-state index in [1.54, 1.807) is 28.5 Å². The van der Waals surface area contributed by atoms with Crippen molar-refractivity contribution in [3.05, 3.63) is 39.3 Å². The van der Waals surface area contributed by atoms with Crippen LogP contribution in [0.3, 0.4) is 0 Å². The number of morpholine rings is 1. The number of hydrogen-bond donors (Lipinski definition) is 2. The minimum absolute atomic E-state index is 0.0317. The zero-order valence-corrected chi connectivity index (χ0v) is 21.8. The predicted octanol–water partition coefficient (Wildman–Crippen LogP) is 2.79. The number of nitrogens with one attached hydrogen (secondary N) is 2. The van der Waals surface area contributed by atoms with Crippen molar-refractivity contribution in [1.29, 1.82) is 0 Å². The molecule has 2 amide bonds. The van der Waals surface area contributed by atoms with Gasteiger partial charge in [-0.15, -0.1) is 11.3 Å². The quantitative estimate of drug-likeness (QED) is 0.472. The van der Waals surface area contributed by atoms with E-state index in [1.807, 2.05) is 0 Å². The first kappa shape index (κ1) is 26.1. The molecule has 12 heteroatoms. The largest absolute Gasteiger partial charge is 0.379 e. The van der Waals surface area contributed by atoms with Crippen LogP contribution in [0.5, 0.6) is 0 Å². The normalized spacial score (nSPS) is 17.4. The number of rotatable bonds is 9. The summed E-state index contributed by atoms with van der Waals surface area (Å²) in [6, 6.07) is 5.22. The Kier molecular flexibility index (Phi) is 9.59. The number of nitrogens with zero attached hydrogens (tertiary/aromatic N) is 4. The van der Waals surface area contributed by atoms with Crippen molar-refractivity contribution in [1.82, 2.24) is 25.0 Å². The average Bonchev–Trinajstić information content (AvgIpc) is 3.33. The molecule has 190 valence electrons. The lowest BCUT2D eigenvalue weighted by Crippen LogP contribution is -2.51. The Hall–Kier alpha value is -1.95. The molecule has 0 unspecified atom stereocenters. The summed E-state index contributed by atoms with van der Waals surface area (Å²) in [4.78, 5) is 35.8. The maximum Gasteiger partial charge on any atom is 0.273 e. The molecule has 2 aromatic rings. The highest BCUT2D eigenvalue weighted by Crippen LogP contribution is 2.28. The van der Waals surface area contributed by atoms with Gasteiger partial charge in [-0.25, -0.2) is 4.98 Å². The number of anilines is 2. The van der Waals surface area contributed by atoms with Crippen molar-refractivity contribution in [2.24, 2.45) is 0 Å². The van der Waals surface area contributed by atoms with E-state index in [1.165, 1.54) is 11.3 Å². The van der Waals surface area contributed by atoms with Gasteiger partial charge in [0, 0.05) is 56.9 Å². The van der Waals surface area contributed by atoms with Crippen LogP contribution in [0.2, 0.25) is 10.0 Å². The van der Waals surface area contributed by atoms with Gasteiger partial charge < -0.3 is 20.3 Å². The Labute approximate surface area is 219 Å². The standard InChI is InChI=1S/C23H30Cl2N6O3S/c24-18-3-2-17(14-19(18)25)27-23-28-20(16-35-23)22(33)31-8-6-30(7-9-31)15-21(32)26-4-1-5-29-10-12-34-13-11-29/h2-3,14,16H,1,4-13,15H2,(H,26,32)(H,27,28). The van der Waals surface area contributed by atoms with Gasteiger partial charge in [0.1, 0.15) is 5.69 Å². The van der Waals surface area contributed by atoms with E-state index in [9.17, 15) is 9.59 Å². The molecule has 35 heavy (non-hydrogen) atoms. The first-order valence-electron chi connectivity index (χ1n) is 11.7. The van der Waals surface area contributed by atoms with Gasteiger partial charge in [-0.1, -0.05) is 23.2 Å². The lowest BCUT2D eigenvalue weighted by Gasteiger charge is -2.34. The van der Waals surface area contributed by atoms with Crippen molar-refractivity contribution < 1.29 is 14.3 Å². The highest BCUT2D eigenvalue weighted by atomic mass is 35.5. The van der Waals surface area contributed by atoms with Crippen LogP contribution < -0.4 is 10.6 Å². The molecular weight excluding hydrogens is 511 g/mol. The summed E-state index contributed by atoms with van der Waals surface area (Å²) in [6.45, 7) is 7.97. The molecule has 0 spiro atoms. The third kappa shape index (κ3) is 7.77. The van der Waals surface area contributed by atoms with E-state index in [0.29, 0.717) is 60.1 Å². The zero-order valence-electron chi connectivity index (χ0n) is 19.5. The molecule has 2 saturated heterocycles. The van der Waals surface area contributed by atoms with Crippen molar-refractivity contribution in [3.63, 3.8) is 0 Å². The van der Waals surface area contributed by atoms with Gasteiger partial charge in [0.25, 0.3) is 5.91 Å². The fourth-order valence-electron chi connectivity index (χ4n) is 4.01. The van der Waals surface area contributed by atoms with Gasteiger partial charge in [0.15, 0.2) is 5.13 Å². The molecule has 1 aromatic heterocycles. The molecule has 9 nitrogen and oxygen atoms in total. The Balaban J connectivity index is 1.15. The number of halogens is 2. The minimum atomic E-state index is -0.101. The molecule has 0 aliphatic carbocycles. The summed E-state index contributed by atoms with van der Waals surface area (Å²) in [7, 11) is 0. The second-order valence-corrected chi connectivity index (χ2v) is 10.2. The Bertz CT molecular complexity index is 1010. The van der Waals surface area contributed by atoms with Crippen LogP contribution in [0.15, 0.2) is 23.6 Å². The number of hydrogen-bond acceptors (Lipinski definition) is 8. The Morgan fingerprint density at radius 1 is 1.03 bits per heavy atom. The summed E-state index contributed by atoms with van der Waals surface area (Å²) in [5, 5.41) is 9.44. The number of benzene rings is 1. The van der Waals surface area contributed by atoms with Crippen LogP contribution in [-0.4, -0.2) is 104 Å². The number of carbonyl (C=O) groups excluding carboxylic acids is 2. The number of aromatic nitrogens is 1. The third-order valence-corrected chi connectivity index (χ3v) is 7.49. The molecule has 0 radical (unpaired) electrons. The molecule has 0 atom stereocenters. The molecule has 0 saturated carbocycles. The van der Waals surface area contributed by atoms with Crippen LogP contribution in [0.1, 0.15) is 16.9 Å². The minimum Gasteiger partial charge on any atom is -0.379 e. The van der Waals surface area contributed by atoms with Crippen LogP contribution >= 0.6 is 34.5 Å². The number of carbonyl (C=O) groups is 2. The lowest BCUT2D eigenvalue weighted by molar-refractivity contribution is -0.122. The summed E-state index contributed by atoms with van der Waals surface area (Å²) in [5.74, 6) is -0.0695. The fraction of sp³-hybridized carbons (Fsp3) is 0.522. The second kappa shape index (κ2) is 12.8. The Morgan fingerprint density at radius 2 is 1.80 bits per heavy atom. The summed E-state index contributed by atoms with van der Waals surface area (Å²) in [5.41, 5.74) is 1.16. The lowest BCUT2D eigenvalue weighted by atomic mass is 10.3. The van der Waals surface area contributed by atoms with Gasteiger partial charge in [-0.2, -0.15) is 0 Å². The zero-order chi connectivity index (χ0) is 24.6. The number of thiazole rings is 1. The maximum atomic E-state index is 12.9. The van der Waals surface area contributed by atoms with Gasteiger partial charge in [0.05, 0.1) is 29.8 Å². The molecule has 2 fully saturated rings. The number of ether oxygens (including phenoxy) is 1. The van der Waals surface area contributed by atoms with Gasteiger partial charge >= 0.3 is 0 Å². The summed E-state index contributed by atoms with van der Waals surface area (Å²) >= 11 is 13.4. The predicted molar refractivity (Wildman–Crippen MR) is 139 cm³/mol. The molecule has 3 heterocycles. The molecule has 1 aromatic carbocycles. The third-order valence-electron chi connectivity index (χ3n) is 6.00. The highest BCUT2D eigenvalue weighted by molar-refractivity contribution is 7.14.